The second kappa shape index (κ2) is 8.00. The van der Waals surface area contributed by atoms with E-state index in [1.807, 2.05) is 30.5 Å². The summed E-state index contributed by atoms with van der Waals surface area (Å²) in [7, 11) is 1.94. The molecule has 0 aromatic carbocycles. The molecule has 2 aliphatic rings. The molecule has 1 N–H and O–H groups in total. The van der Waals surface area contributed by atoms with Gasteiger partial charge in [0, 0.05) is 57.2 Å². The van der Waals surface area contributed by atoms with E-state index < -0.39 is 0 Å². The molecule has 7 nitrogen and oxygen atoms in total. The summed E-state index contributed by atoms with van der Waals surface area (Å²) in [6, 6.07) is 0. The highest BCUT2D eigenvalue weighted by Crippen LogP contribution is 2.39. The predicted octanol–water partition coefficient (Wildman–Crippen LogP) is 1.19. The molecule has 150 valence electrons. The first-order chi connectivity index (χ1) is 12.8. The third-order valence-electron chi connectivity index (χ3n) is 6.38. The Morgan fingerprint density at radius 3 is 2.70 bits per heavy atom. The molecule has 27 heavy (non-hydrogen) atoms. The first-order valence-corrected chi connectivity index (χ1v) is 10.0. The Labute approximate surface area is 161 Å². The van der Waals surface area contributed by atoms with Crippen molar-refractivity contribution in [1.29, 1.82) is 0 Å². The van der Waals surface area contributed by atoms with Crippen molar-refractivity contribution in [1.82, 2.24) is 19.6 Å². The standard InChI is InChI=1S/C20H32N4O3/c1-15-17(16(2)22(3)21-15)5-6-18(26)23-10-4-8-20(13-23)9-7-19(27)24(14-20)11-12-25/h25H,4-14H2,1-3H3/t20-/m1/s1. The van der Waals surface area contributed by atoms with Crippen molar-refractivity contribution in [3.8, 4) is 0 Å². The zero-order valence-corrected chi connectivity index (χ0v) is 16.8. The maximum Gasteiger partial charge on any atom is 0.222 e. The summed E-state index contributed by atoms with van der Waals surface area (Å²) in [4.78, 5) is 28.7. The number of likely N-dealkylation sites (tertiary alicyclic amines) is 2. The fourth-order valence-corrected chi connectivity index (χ4v) is 4.75. The van der Waals surface area contributed by atoms with Gasteiger partial charge in [0.15, 0.2) is 0 Å². The predicted molar refractivity (Wildman–Crippen MR) is 102 cm³/mol. The molecule has 0 radical (unpaired) electrons. The smallest absolute Gasteiger partial charge is 0.222 e. The number of aliphatic hydroxyl groups is 1. The molecule has 2 amide bonds. The van der Waals surface area contributed by atoms with Crippen molar-refractivity contribution in [3.63, 3.8) is 0 Å². The van der Waals surface area contributed by atoms with E-state index in [2.05, 4.69) is 5.10 Å². The third kappa shape index (κ3) is 4.18. The van der Waals surface area contributed by atoms with Gasteiger partial charge in [0.1, 0.15) is 0 Å². The molecule has 2 aliphatic heterocycles. The topological polar surface area (TPSA) is 78.7 Å². The third-order valence-corrected chi connectivity index (χ3v) is 6.38. The number of β-amino-alcohol motifs (C(OH)–C–C–N with tert-alkyl or cyclic N) is 1. The van der Waals surface area contributed by atoms with E-state index in [1.54, 1.807) is 4.90 Å². The maximum atomic E-state index is 12.9. The van der Waals surface area contributed by atoms with Crippen LogP contribution < -0.4 is 0 Å². The fourth-order valence-electron chi connectivity index (χ4n) is 4.75. The van der Waals surface area contributed by atoms with Crippen molar-refractivity contribution in [2.75, 3.05) is 32.8 Å². The van der Waals surface area contributed by atoms with Crippen molar-refractivity contribution in [3.05, 3.63) is 17.0 Å². The summed E-state index contributed by atoms with van der Waals surface area (Å²) in [5.41, 5.74) is 3.30. The second-order valence-corrected chi connectivity index (χ2v) is 8.23. The molecule has 1 spiro atoms. The zero-order valence-electron chi connectivity index (χ0n) is 16.8. The van der Waals surface area contributed by atoms with E-state index in [0.29, 0.717) is 25.9 Å². The number of rotatable bonds is 5. The molecule has 3 heterocycles. The molecule has 0 aliphatic carbocycles. The minimum Gasteiger partial charge on any atom is -0.395 e. The molecule has 7 heteroatoms. The Balaban J connectivity index is 1.62. The van der Waals surface area contributed by atoms with E-state index in [-0.39, 0.29) is 23.8 Å². The van der Waals surface area contributed by atoms with Crippen LogP contribution in [-0.4, -0.2) is 69.3 Å². The Morgan fingerprint density at radius 2 is 2.04 bits per heavy atom. The molecule has 3 rings (SSSR count). The van der Waals surface area contributed by atoms with Gasteiger partial charge in [-0.1, -0.05) is 0 Å². The van der Waals surface area contributed by atoms with Crippen LogP contribution in [0.25, 0.3) is 0 Å². The number of amides is 2. The Hall–Kier alpha value is -1.89. The highest BCUT2D eigenvalue weighted by Gasteiger charge is 2.42. The van der Waals surface area contributed by atoms with Crippen LogP contribution in [-0.2, 0) is 23.1 Å². The van der Waals surface area contributed by atoms with Gasteiger partial charge in [-0.25, -0.2) is 0 Å². The van der Waals surface area contributed by atoms with Crippen LogP contribution in [0.4, 0.5) is 0 Å². The summed E-state index contributed by atoms with van der Waals surface area (Å²) in [6.07, 6.45) is 4.63. The lowest BCUT2D eigenvalue weighted by molar-refractivity contribution is -0.143. The molecule has 0 bridgehead atoms. The maximum absolute atomic E-state index is 12.9. The number of piperidine rings is 2. The Bertz CT molecular complexity index is 714. The largest absolute Gasteiger partial charge is 0.395 e. The number of carbonyl (C=O) groups excluding carboxylic acids is 2. The SMILES string of the molecule is Cc1nn(C)c(C)c1CCC(=O)N1CCC[C@@]2(CCC(=O)N(CCO)C2)C1. The number of aromatic nitrogens is 2. The molecular weight excluding hydrogens is 344 g/mol. The van der Waals surface area contributed by atoms with E-state index in [1.165, 1.54) is 5.56 Å². The Kier molecular flexibility index (Phi) is 5.89. The summed E-state index contributed by atoms with van der Waals surface area (Å²) >= 11 is 0. The van der Waals surface area contributed by atoms with E-state index in [4.69, 9.17) is 0 Å². The molecular formula is C20H32N4O3. The normalized spacial score (nSPS) is 23.3. The van der Waals surface area contributed by atoms with Crippen molar-refractivity contribution in [2.24, 2.45) is 12.5 Å². The lowest BCUT2D eigenvalue weighted by Crippen LogP contribution is -2.55. The van der Waals surface area contributed by atoms with Gasteiger partial charge < -0.3 is 14.9 Å². The van der Waals surface area contributed by atoms with Crippen LogP contribution in [0.2, 0.25) is 0 Å². The molecule has 1 aromatic rings. The number of hydrogen-bond acceptors (Lipinski definition) is 4. The van der Waals surface area contributed by atoms with Gasteiger partial charge in [0.25, 0.3) is 0 Å². The summed E-state index contributed by atoms with van der Waals surface area (Å²) in [5, 5.41) is 13.7. The van der Waals surface area contributed by atoms with Gasteiger partial charge in [0.2, 0.25) is 11.8 Å². The van der Waals surface area contributed by atoms with Crippen LogP contribution in [0, 0.1) is 19.3 Å². The molecule has 2 fully saturated rings. The van der Waals surface area contributed by atoms with Gasteiger partial charge in [-0.15, -0.1) is 0 Å². The average molecular weight is 377 g/mol. The van der Waals surface area contributed by atoms with Crippen molar-refractivity contribution < 1.29 is 14.7 Å². The number of aryl methyl sites for hydroxylation is 2. The molecule has 1 atom stereocenters. The lowest BCUT2D eigenvalue weighted by atomic mass is 9.73. The zero-order chi connectivity index (χ0) is 19.6. The number of carbonyl (C=O) groups is 2. The van der Waals surface area contributed by atoms with Crippen LogP contribution in [0.5, 0.6) is 0 Å². The van der Waals surface area contributed by atoms with Crippen LogP contribution in [0.3, 0.4) is 0 Å². The van der Waals surface area contributed by atoms with Crippen molar-refractivity contribution >= 4 is 11.8 Å². The summed E-state index contributed by atoms with van der Waals surface area (Å²) in [5.74, 6) is 0.322. The van der Waals surface area contributed by atoms with Gasteiger partial charge in [-0.05, 0) is 45.1 Å². The highest BCUT2D eigenvalue weighted by molar-refractivity contribution is 5.78. The molecule has 1 aromatic heterocycles. The monoisotopic (exact) mass is 376 g/mol. The van der Waals surface area contributed by atoms with E-state index in [0.717, 1.165) is 50.2 Å². The molecule has 0 unspecified atom stereocenters. The average Bonchev–Trinajstić information content (AvgIpc) is 2.88. The van der Waals surface area contributed by atoms with Gasteiger partial charge in [0.05, 0.1) is 12.3 Å². The van der Waals surface area contributed by atoms with Gasteiger partial charge in [-0.2, -0.15) is 5.10 Å². The minimum absolute atomic E-state index is 0.00285. The molecule has 0 saturated carbocycles. The van der Waals surface area contributed by atoms with Crippen LogP contribution in [0.1, 0.15) is 49.1 Å². The van der Waals surface area contributed by atoms with Crippen LogP contribution >= 0.6 is 0 Å². The first-order valence-electron chi connectivity index (χ1n) is 10.0. The number of hydrogen-bond donors (Lipinski definition) is 1. The fraction of sp³-hybridized carbons (Fsp3) is 0.750. The van der Waals surface area contributed by atoms with Crippen molar-refractivity contribution in [2.45, 2.75) is 52.4 Å². The second-order valence-electron chi connectivity index (χ2n) is 8.23. The summed E-state index contributed by atoms with van der Waals surface area (Å²) < 4.78 is 1.87. The number of aliphatic hydroxyl groups excluding tert-OH is 1. The minimum atomic E-state index is -0.00568. The van der Waals surface area contributed by atoms with Crippen LogP contribution in [0.15, 0.2) is 0 Å². The first kappa shape index (κ1) is 19.9. The van der Waals surface area contributed by atoms with Gasteiger partial charge >= 0.3 is 0 Å². The van der Waals surface area contributed by atoms with Gasteiger partial charge in [-0.3, -0.25) is 14.3 Å². The molecule has 2 saturated heterocycles. The summed E-state index contributed by atoms with van der Waals surface area (Å²) in [6.45, 7) is 6.63. The quantitative estimate of drug-likeness (QED) is 0.837. The highest BCUT2D eigenvalue weighted by atomic mass is 16.3. The Morgan fingerprint density at radius 1 is 1.26 bits per heavy atom. The van der Waals surface area contributed by atoms with E-state index in [9.17, 15) is 14.7 Å². The number of nitrogens with zero attached hydrogens (tertiary/aromatic N) is 4. The lowest BCUT2D eigenvalue weighted by Gasteiger charge is -2.48. The van der Waals surface area contributed by atoms with E-state index >= 15 is 0 Å².